The number of ether oxygens (including phenoxy) is 1. The number of carbonyl (C=O) groups is 2. The third-order valence-electron chi connectivity index (χ3n) is 5.93. The molecule has 2 amide bonds. The van der Waals surface area contributed by atoms with Gasteiger partial charge in [-0.2, -0.15) is 0 Å². The van der Waals surface area contributed by atoms with Crippen molar-refractivity contribution in [1.29, 1.82) is 0 Å². The zero-order valence-corrected chi connectivity index (χ0v) is 17.6. The van der Waals surface area contributed by atoms with Crippen molar-refractivity contribution in [3.63, 3.8) is 0 Å². The van der Waals surface area contributed by atoms with E-state index in [1.54, 1.807) is 11.0 Å². The Morgan fingerprint density at radius 3 is 2.55 bits per heavy atom. The van der Waals surface area contributed by atoms with Crippen LogP contribution in [-0.2, 0) is 14.3 Å². The molecule has 2 aliphatic heterocycles. The second kappa shape index (κ2) is 9.52. The molecule has 0 spiro atoms. The van der Waals surface area contributed by atoms with Gasteiger partial charge < -0.3 is 19.5 Å². The van der Waals surface area contributed by atoms with Crippen molar-refractivity contribution in [2.45, 2.75) is 51.4 Å². The van der Waals surface area contributed by atoms with Crippen LogP contribution in [0.1, 0.15) is 62.9 Å². The van der Waals surface area contributed by atoms with Crippen LogP contribution in [0, 0.1) is 5.92 Å². The van der Waals surface area contributed by atoms with Gasteiger partial charge in [-0.3, -0.25) is 14.4 Å². The predicted octanol–water partition coefficient (Wildman–Crippen LogP) is 1.48. The Morgan fingerprint density at radius 1 is 1.17 bits per heavy atom. The van der Waals surface area contributed by atoms with Crippen molar-refractivity contribution in [3.05, 3.63) is 27.9 Å². The van der Waals surface area contributed by atoms with Crippen molar-refractivity contribution in [2.75, 3.05) is 39.9 Å². The maximum atomic E-state index is 12.3. The van der Waals surface area contributed by atoms with E-state index in [2.05, 4.69) is 4.98 Å². The third kappa shape index (κ3) is 5.23. The summed E-state index contributed by atoms with van der Waals surface area (Å²) in [6.07, 6.45) is 3.40. The lowest BCUT2D eigenvalue weighted by atomic mass is 9.92. The van der Waals surface area contributed by atoms with E-state index < -0.39 is 0 Å². The number of aromatic nitrogens is 2. The summed E-state index contributed by atoms with van der Waals surface area (Å²) in [5.41, 5.74) is 0.616. The average molecular weight is 405 g/mol. The fourth-order valence-electron chi connectivity index (χ4n) is 4.30. The van der Waals surface area contributed by atoms with E-state index >= 15 is 0 Å². The molecular weight excluding hydrogens is 372 g/mol. The van der Waals surface area contributed by atoms with Crippen LogP contribution >= 0.6 is 0 Å². The normalized spacial score (nSPS) is 20.9. The lowest BCUT2D eigenvalue weighted by Crippen LogP contribution is -2.41. The molecule has 1 atom stereocenters. The van der Waals surface area contributed by atoms with Gasteiger partial charge in [0.25, 0.3) is 5.56 Å². The number of amides is 2. The van der Waals surface area contributed by atoms with Crippen molar-refractivity contribution in [3.8, 4) is 0 Å². The summed E-state index contributed by atoms with van der Waals surface area (Å²) in [5.74, 6) is 1.08. The lowest BCUT2D eigenvalue weighted by molar-refractivity contribution is -0.136. The number of nitrogens with one attached hydrogen (secondary N) is 1. The summed E-state index contributed by atoms with van der Waals surface area (Å²) in [7, 11) is 1.52. The number of methoxy groups -OCH3 is 1. The van der Waals surface area contributed by atoms with E-state index in [9.17, 15) is 14.4 Å². The van der Waals surface area contributed by atoms with Gasteiger partial charge in [0.1, 0.15) is 12.4 Å². The van der Waals surface area contributed by atoms with Gasteiger partial charge in [-0.25, -0.2) is 4.98 Å². The number of rotatable bonds is 5. The highest BCUT2D eigenvalue weighted by Crippen LogP contribution is 2.29. The van der Waals surface area contributed by atoms with Crippen LogP contribution in [0.25, 0.3) is 0 Å². The molecule has 1 unspecified atom stereocenters. The monoisotopic (exact) mass is 404 g/mol. The number of piperidine rings is 2. The first-order chi connectivity index (χ1) is 13.9. The second-order valence-electron chi connectivity index (χ2n) is 8.42. The van der Waals surface area contributed by atoms with Crippen molar-refractivity contribution < 1.29 is 14.3 Å². The molecule has 1 N–H and O–H groups in total. The molecule has 8 nitrogen and oxygen atoms in total. The number of aromatic amines is 1. The minimum atomic E-state index is -0.147. The van der Waals surface area contributed by atoms with Crippen molar-refractivity contribution >= 4 is 11.8 Å². The summed E-state index contributed by atoms with van der Waals surface area (Å²) in [6, 6.07) is 1.57. The molecule has 0 radical (unpaired) electrons. The summed E-state index contributed by atoms with van der Waals surface area (Å²) >= 11 is 0. The maximum absolute atomic E-state index is 12.3. The molecule has 0 saturated carbocycles. The summed E-state index contributed by atoms with van der Waals surface area (Å²) in [5, 5.41) is 0. The fourth-order valence-corrected chi connectivity index (χ4v) is 4.30. The lowest BCUT2D eigenvalue weighted by Gasteiger charge is -2.34. The molecule has 8 heteroatoms. The maximum Gasteiger partial charge on any atom is 0.251 e. The van der Waals surface area contributed by atoms with Gasteiger partial charge in [0, 0.05) is 57.1 Å². The number of H-pyrrole nitrogens is 1. The van der Waals surface area contributed by atoms with Gasteiger partial charge in [0.15, 0.2) is 0 Å². The average Bonchev–Trinajstić information content (AvgIpc) is 2.73. The highest BCUT2D eigenvalue weighted by molar-refractivity contribution is 5.78. The molecule has 29 heavy (non-hydrogen) atoms. The Bertz CT molecular complexity index is 783. The Balaban J connectivity index is 1.70. The van der Waals surface area contributed by atoms with E-state index in [0.29, 0.717) is 25.5 Å². The number of hydrogen-bond acceptors (Lipinski definition) is 5. The van der Waals surface area contributed by atoms with Gasteiger partial charge >= 0.3 is 0 Å². The Morgan fingerprint density at radius 2 is 1.90 bits per heavy atom. The SMILES string of the molecule is COCC(=O)N1CCCC(c2cc(=O)[nH]c(C3CCN(C(=O)C(C)C)CC3)n2)C1. The number of carbonyl (C=O) groups excluding carboxylic acids is 2. The number of likely N-dealkylation sites (tertiary alicyclic amines) is 2. The number of nitrogens with zero attached hydrogens (tertiary/aromatic N) is 3. The first kappa shape index (κ1) is 21.5. The van der Waals surface area contributed by atoms with Crippen LogP contribution < -0.4 is 5.56 Å². The molecule has 0 bridgehead atoms. The zero-order valence-electron chi connectivity index (χ0n) is 17.6. The minimum Gasteiger partial charge on any atom is -0.375 e. The molecular formula is C21H32N4O4. The van der Waals surface area contributed by atoms with E-state index in [-0.39, 0.29) is 41.7 Å². The van der Waals surface area contributed by atoms with E-state index in [0.717, 1.165) is 37.9 Å². The van der Waals surface area contributed by atoms with Crippen LogP contribution in [0.3, 0.4) is 0 Å². The molecule has 2 saturated heterocycles. The molecule has 0 aromatic carbocycles. The second-order valence-corrected chi connectivity index (χ2v) is 8.42. The molecule has 0 aliphatic carbocycles. The Hall–Kier alpha value is -2.22. The van der Waals surface area contributed by atoms with E-state index in [4.69, 9.17) is 9.72 Å². The van der Waals surface area contributed by atoms with Gasteiger partial charge in [-0.05, 0) is 25.7 Å². The van der Waals surface area contributed by atoms with Crippen LogP contribution in [0.4, 0.5) is 0 Å². The topological polar surface area (TPSA) is 95.6 Å². The fraction of sp³-hybridized carbons (Fsp3) is 0.714. The van der Waals surface area contributed by atoms with Crippen LogP contribution in [0.2, 0.25) is 0 Å². The summed E-state index contributed by atoms with van der Waals surface area (Å²) in [6.45, 7) is 6.59. The third-order valence-corrected chi connectivity index (χ3v) is 5.93. The van der Waals surface area contributed by atoms with Crippen molar-refractivity contribution in [2.24, 2.45) is 5.92 Å². The van der Waals surface area contributed by atoms with Gasteiger partial charge in [0.05, 0.1) is 5.69 Å². The van der Waals surface area contributed by atoms with Crippen molar-refractivity contribution in [1.82, 2.24) is 19.8 Å². The Kier molecular flexibility index (Phi) is 7.05. The molecule has 2 aliphatic rings. The van der Waals surface area contributed by atoms with E-state index in [1.165, 1.54) is 7.11 Å². The van der Waals surface area contributed by atoms with Crippen LogP contribution in [0.15, 0.2) is 10.9 Å². The smallest absolute Gasteiger partial charge is 0.251 e. The van der Waals surface area contributed by atoms with Crippen LogP contribution in [0.5, 0.6) is 0 Å². The first-order valence-corrected chi connectivity index (χ1v) is 10.6. The highest BCUT2D eigenvalue weighted by atomic mass is 16.5. The molecule has 1 aromatic heterocycles. The minimum absolute atomic E-state index is 0.00266. The largest absolute Gasteiger partial charge is 0.375 e. The Labute approximate surface area is 171 Å². The van der Waals surface area contributed by atoms with Crippen LogP contribution in [-0.4, -0.2) is 71.5 Å². The van der Waals surface area contributed by atoms with E-state index in [1.807, 2.05) is 18.7 Å². The van der Waals surface area contributed by atoms with Gasteiger partial charge in [-0.1, -0.05) is 13.8 Å². The quantitative estimate of drug-likeness (QED) is 0.802. The first-order valence-electron chi connectivity index (χ1n) is 10.6. The molecule has 1 aromatic rings. The number of hydrogen-bond donors (Lipinski definition) is 1. The zero-order chi connectivity index (χ0) is 21.0. The summed E-state index contributed by atoms with van der Waals surface area (Å²) in [4.78, 5) is 48.1. The summed E-state index contributed by atoms with van der Waals surface area (Å²) < 4.78 is 4.97. The van der Waals surface area contributed by atoms with Gasteiger partial charge in [0.2, 0.25) is 11.8 Å². The molecule has 3 heterocycles. The molecule has 3 rings (SSSR count). The predicted molar refractivity (Wildman–Crippen MR) is 109 cm³/mol. The molecule has 2 fully saturated rings. The molecule has 160 valence electrons. The standard InChI is InChI=1S/C21H32N4O4/c1-14(2)21(28)24-9-6-15(7-10-24)20-22-17(11-18(26)23-20)16-5-4-8-25(12-16)19(27)13-29-3/h11,14-16H,4-10,12-13H2,1-3H3,(H,22,23,26). The highest BCUT2D eigenvalue weighted by Gasteiger charge is 2.29. The van der Waals surface area contributed by atoms with Gasteiger partial charge in [-0.15, -0.1) is 0 Å².